The Hall–Kier alpha value is -1.88. The highest BCUT2D eigenvalue weighted by atomic mass is 35.5. The van der Waals surface area contributed by atoms with E-state index in [1.165, 1.54) is 19.1 Å². The summed E-state index contributed by atoms with van der Waals surface area (Å²) in [6, 6.07) is 3.64. The molecule has 0 unspecified atom stereocenters. The minimum atomic E-state index is -0.945. The smallest absolute Gasteiger partial charge is 0.307 e. The lowest BCUT2D eigenvalue weighted by Crippen LogP contribution is -2.30. The van der Waals surface area contributed by atoms with Gasteiger partial charge >= 0.3 is 5.97 Å². The number of hydrogen-bond donors (Lipinski definition) is 1. The first-order chi connectivity index (χ1) is 10.5. The molecule has 22 heavy (non-hydrogen) atoms. The Morgan fingerprint density at radius 1 is 1.50 bits per heavy atom. The zero-order chi connectivity index (χ0) is 16.1. The van der Waals surface area contributed by atoms with E-state index in [2.05, 4.69) is 5.32 Å². The normalized spacial score (nSPS) is 18.0. The summed E-state index contributed by atoms with van der Waals surface area (Å²) in [4.78, 5) is 23.7. The van der Waals surface area contributed by atoms with Crippen molar-refractivity contribution in [3.8, 4) is 0 Å². The molecule has 2 rings (SSSR count). The van der Waals surface area contributed by atoms with Crippen LogP contribution >= 0.6 is 11.6 Å². The molecule has 1 aromatic rings. The summed E-state index contributed by atoms with van der Waals surface area (Å²) in [7, 11) is 0. The topological polar surface area (TPSA) is 55.4 Å². The Kier molecular flexibility index (Phi) is 5.55. The molecule has 0 aromatic heterocycles. The number of hydrogen-bond acceptors (Lipinski definition) is 3. The lowest BCUT2D eigenvalue weighted by molar-refractivity contribution is -0.153. The summed E-state index contributed by atoms with van der Waals surface area (Å²) in [6.45, 7) is 1.48. The van der Waals surface area contributed by atoms with E-state index in [1.54, 1.807) is 0 Å². The quantitative estimate of drug-likeness (QED) is 0.663. The number of allylic oxidation sites excluding steroid dienone is 2. The van der Waals surface area contributed by atoms with Gasteiger partial charge < -0.3 is 10.1 Å². The predicted octanol–water partition coefficient (Wildman–Crippen LogP) is 3.71. The van der Waals surface area contributed by atoms with Gasteiger partial charge in [-0.05, 0) is 43.9 Å². The summed E-state index contributed by atoms with van der Waals surface area (Å²) in [5.41, 5.74) is 0.273. The van der Waals surface area contributed by atoms with Gasteiger partial charge in [0.1, 0.15) is 5.82 Å². The average molecular weight is 326 g/mol. The second-order valence-electron chi connectivity index (χ2n) is 5.22. The van der Waals surface area contributed by atoms with Gasteiger partial charge in [0.2, 0.25) is 0 Å². The van der Waals surface area contributed by atoms with E-state index < -0.39 is 23.8 Å². The molecule has 0 bridgehead atoms. The number of nitrogens with one attached hydrogen (secondary N) is 1. The fourth-order valence-corrected chi connectivity index (χ4v) is 2.42. The highest BCUT2D eigenvalue weighted by Crippen LogP contribution is 2.23. The highest BCUT2D eigenvalue weighted by Gasteiger charge is 2.21. The molecule has 118 valence electrons. The standard InChI is InChI=1S/C16H17ClFNO3/c1-10(22-15(20)8-11-4-2-3-5-11)16(21)19-14-7-6-12(18)9-13(14)17/h2,4,6-7,9-11H,3,5,8H2,1H3,(H,19,21)/t10-,11-/m0/s1. The molecule has 0 saturated carbocycles. The molecule has 0 heterocycles. The first kappa shape index (κ1) is 16.5. The summed E-state index contributed by atoms with van der Waals surface area (Å²) < 4.78 is 18.0. The monoisotopic (exact) mass is 325 g/mol. The minimum Gasteiger partial charge on any atom is -0.453 e. The molecule has 2 atom stereocenters. The van der Waals surface area contributed by atoms with E-state index in [0.717, 1.165) is 18.9 Å². The number of benzene rings is 1. The largest absolute Gasteiger partial charge is 0.453 e. The van der Waals surface area contributed by atoms with Crippen molar-refractivity contribution in [2.75, 3.05) is 5.32 Å². The molecule has 1 aromatic carbocycles. The van der Waals surface area contributed by atoms with Crippen LogP contribution in [0.3, 0.4) is 0 Å². The summed E-state index contributed by atoms with van der Waals surface area (Å²) >= 11 is 5.83. The van der Waals surface area contributed by atoms with Gasteiger partial charge in [0.15, 0.2) is 6.10 Å². The average Bonchev–Trinajstić information content (AvgIpc) is 2.94. The number of amides is 1. The number of esters is 1. The van der Waals surface area contributed by atoms with E-state index >= 15 is 0 Å². The van der Waals surface area contributed by atoms with Gasteiger partial charge in [-0.3, -0.25) is 9.59 Å². The minimum absolute atomic E-state index is 0.0861. The van der Waals surface area contributed by atoms with Gasteiger partial charge in [-0.15, -0.1) is 0 Å². The Bertz CT molecular complexity index is 603. The van der Waals surface area contributed by atoms with Crippen LogP contribution < -0.4 is 5.32 Å². The summed E-state index contributed by atoms with van der Waals surface area (Å²) in [5.74, 6) is -1.23. The van der Waals surface area contributed by atoms with Crippen molar-refractivity contribution in [1.82, 2.24) is 0 Å². The number of carbonyl (C=O) groups is 2. The Morgan fingerprint density at radius 2 is 2.27 bits per heavy atom. The van der Waals surface area contributed by atoms with Crippen LogP contribution in [0.15, 0.2) is 30.4 Å². The van der Waals surface area contributed by atoms with Crippen molar-refractivity contribution >= 4 is 29.2 Å². The molecule has 0 aliphatic heterocycles. The van der Waals surface area contributed by atoms with Crippen molar-refractivity contribution < 1.29 is 18.7 Å². The summed E-state index contributed by atoms with van der Waals surface area (Å²) in [5, 5.41) is 2.59. The molecule has 1 aliphatic carbocycles. The van der Waals surface area contributed by atoms with Crippen LogP contribution in [-0.4, -0.2) is 18.0 Å². The van der Waals surface area contributed by atoms with Crippen molar-refractivity contribution in [3.05, 3.63) is 41.2 Å². The maximum absolute atomic E-state index is 12.9. The Labute approximate surface area is 133 Å². The SMILES string of the molecule is C[C@H](OC(=O)C[C@H]1C=CCC1)C(=O)Nc1ccc(F)cc1Cl. The van der Waals surface area contributed by atoms with Gasteiger partial charge in [0.05, 0.1) is 17.1 Å². The van der Waals surface area contributed by atoms with E-state index in [9.17, 15) is 14.0 Å². The van der Waals surface area contributed by atoms with Crippen LogP contribution in [0.25, 0.3) is 0 Å². The molecule has 1 aliphatic rings. The highest BCUT2D eigenvalue weighted by molar-refractivity contribution is 6.33. The van der Waals surface area contributed by atoms with Crippen LogP contribution in [0.1, 0.15) is 26.2 Å². The van der Waals surface area contributed by atoms with Gasteiger partial charge in [-0.25, -0.2) is 4.39 Å². The van der Waals surface area contributed by atoms with Crippen molar-refractivity contribution in [2.24, 2.45) is 5.92 Å². The van der Waals surface area contributed by atoms with Gasteiger partial charge in [0, 0.05) is 0 Å². The van der Waals surface area contributed by atoms with Crippen molar-refractivity contribution in [1.29, 1.82) is 0 Å². The molecule has 0 fully saturated rings. The van der Waals surface area contributed by atoms with Crippen molar-refractivity contribution in [2.45, 2.75) is 32.3 Å². The number of halogens is 2. The number of anilines is 1. The lowest BCUT2D eigenvalue weighted by atomic mass is 10.1. The third-order valence-electron chi connectivity index (χ3n) is 3.41. The van der Waals surface area contributed by atoms with Crippen LogP contribution in [-0.2, 0) is 14.3 Å². The predicted molar refractivity (Wildman–Crippen MR) is 82.1 cm³/mol. The van der Waals surface area contributed by atoms with E-state index in [1.807, 2.05) is 12.2 Å². The van der Waals surface area contributed by atoms with Gasteiger partial charge in [-0.2, -0.15) is 0 Å². The molecular formula is C16H17ClFNO3. The molecule has 6 heteroatoms. The van der Waals surface area contributed by atoms with Crippen LogP contribution in [0.2, 0.25) is 5.02 Å². The van der Waals surface area contributed by atoms with Crippen LogP contribution in [0, 0.1) is 11.7 Å². The molecular weight excluding hydrogens is 309 g/mol. The fourth-order valence-electron chi connectivity index (χ4n) is 2.20. The van der Waals surface area contributed by atoms with Crippen LogP contribution in [0.4, 0.5) is 10.1 Å². The maximum atomic E-state index is 12.9. The molecule has 0 spiro atoms. The molecule has 1 amide bonds. The number of ether oxygens (including phenoxy) is 1. The Balaban J connectivity index is 1.85. The van der Waals surface area contributed by atoms with Gasteiger partial charge in [-0.1, -0.05) is 23.8 Å². The molecule has 0 saturated heterocycles. The van der Waals surface area contributed by atoms with Crippen LogP contribution in [0.5, 0.6) is 0 Å². The second kappa shape index (κ2) is 7.40. The lowest BCUT2D eigenvalue weighted by Gasteiger charge is -2.15. The van der Waals surface area contributed by atoms with Gasteiger partial charge in [0.25, 0.3) is 5.91 Å². The number of rotatable bonds is 5. The molecule has 4 nitrogen and oxygen atoms in total. The number of carbonyl (C=O) groups excluding carboxylic acids is 2. The zero-order valence-corrected chi connectivity index (χ0v) is 12.9. The van der Waals surface area contributed by atoms with E-state index in [4.69, 9.17) is 16.3 Å². The molecule has 1 N–H and O–H groups in total. The second-order valence-corrected chi connectivity index (χ2v) is 5.62. The molecule has 0 radical (unpaired) electrons. The fraction of sp³-hybridized carbons (Fsp3) is 0.375. The maximum Gasteiger partial charge on any atom is 0.307 e. The van der Waals surface area contributed by atoms with E-state index in [0.29, 0.717) is 0 Å². The van der Waals surface area contributed by atoms with E-state index in [-0.39, 0.29) is 23.0 Å². The first-order valence-electron chi connectivity index (χ1n) is 7.08. The first-order valence-corrected chi connectivity index (χ1v) is 7.45. The third-order valence-corrected chi connectivity index (χ3v) is 3.72. The summed E-state index contributed by atoms with van der Waals surface area (Å²) in [6.07, 6.45) is 5.25. The Morgan fingerprint density at radius 3 is 2.91 bits per heavy atom. The zero-order valence-electron chi connectivity index (χ0n) is 12.1. The van der Waals surface area contributed by atoms with Crippen molar-refractivity contribution in [3.63, 3.8) is 0 Å². The third kappa shape index (κ3) is 4.56.